The summed E-state index contributed by atoms with van der Waals surface area (Å²) in [5.74, 6) is -6.89. The zero-order valence-electron chi connectivity index (χ0n) is 12.3. The predicted octanol–water partition coefficient (Wildman–Crippen LogP) is 2.68. The number of benzene rings is 1. The van der Waals surface area contributed by atoms with Gasteiger partial charge in [0.15, 0.2) is 0 Å². The normalized spacial score (nSPS) is 10.1. The second kappa shape index (κ2) is 6.87. The summed E-state index contributed by atoms with van der Waals surface area (Å²) in [5, 5.41) is 17.5. The molecule has 0 aliphatic rings. The van der Waals surface area contributed by atoms with Crippen LogP contribution in [0.4, 0.5) is 18.9 Å². The number of hydrogen-bond donors (Lipinski definition) is 1. The zero-order chi connectivity index (χ0) is 17.9. The Bertz CT molecular complexity index is 837. The lowest BCUT2D eigenvalue weighted by Crippen LogP contribution is -2.27. The van der Waals surface area contributed by atoms with Crippen LogP contribution in [0, 0.1) is 28.9 Å². The van der Waals surface area contributed by atoms with E-state index in [0.717, 1.165) is 7.05 Å². The summed E-state index contributed by atoms with van der Waals surface area (Å²) >= 11 is 0. The van der Waals surface area contributed by atoms with Crippen LogP contribution in [-0.2, 0) is 4.79 Å². The minimum atomic E-state index is -1.64. The van der Waals surface area contributed by atoms with Crippen molar-refractivity contribution in [2.24, 2.45) is 0 Å². The molecule has 1 aromatic heterocycles. The second-order valence-corrected chi connectivity index (χ2v) is 4.68. The Morgan fingerprint density at radius 3 is 2.71 bits per heavy atom. The van der Waals surface area contributed by atoms with Crippen molar-refractivity contribution in [3.8, 4) is 17.7 Å². The maximum Gasteiger partial charge on any atom is 0.323 e. The van der Waals surface area contributed by atoms with Crippen LogP contribution in [0.25, 0.3) is 0 Å². The molecular weight excluding hydrogens is 327 g/mol. The molecule has 2 aromatic rings. The van der Waals surface area contributed by atoms with Crippen LogP contribution in [0.5, 0.6) is 11.6 Å². The van der Waals surface area contributed by atoms with E-state index in [0.29, 0.717) is 4.90 Å². The Labute approximate surface area is 134 Å². The van der Waals surface area contributed by atoms with Gasteiger partial charge in [-0.25, -0.2) is 0 Å². The Balaban J connectivity index is 2.46. The monoisotopic (exact) mass is 337 g/mol. The molecule has 0 spiro atoms. The maximum atomic E-state index is 14.4. The number of carboxylic acids is 1. The lowest BCUT2D eigenvalue weighted by Gasteiger charge is -2.19. The lowest BCUT2D eigenvalue weighted by molar-refractivity contribution is -0.135. The van der Waals surface area contributed by atoms with E-state index in [9.17, 15) is 18.0 Å². The molecule has 0 saturated heterocycles. The molecular formula is C15H10F3N3O3. The van der Waals surface area contributed by atoms with Gasteiger partial charge in [0.05, 0.1) is 11.6 Å². The van der Waals surface area contributed by atoms with Gasteiger partial charge in [-0.3, -0.25) is 4.79 Å². The van der Waals surface area contributed by atoms with Crippen LogP contribution in [-0.4, -0.2) is 29.7 Å². The number of likely N-dealkylation sites (N-methyl/N-ethyl adjacent to an activating group) is 1. The Kier molecular flexibility index (Phi) is 4.89. The fraction of sp³-hybridized carbons (Fsp3) is 0.133. The van der Waals surface area contributed by atoms with Gasteiger partial charge in [0.25, 0.3) is 11.8 Å². The molecule has 1 heterocycles. The van der Waals surface area contributed by atoms with Crippen molar-refractivity contribution in [2.75, 3.05) is 18.5 Å². The zero-order valence-corrected chi connectivity index (χ0v) is 12.3. The number of nitrogens with zero attached hydrogens (tertiary/aromatic N) is 3. The Morgan fingerprint density at radius 1 is 1.38 bits per heavy atom. The predicted molar refractivity (Wildman–Crippen MR) is 76.2 cm³/mol. The SMILES string of the molecule is CN(CC(=O)O)c1c(F)c(F)nc(Oc2cccc(C#N)c2)c1F. The summed E-state index contributed by atoms with van der Waals surface area (Å²) in [4.78, 5) is 14.4. The second-order valence-electron chi connectivity index (χ2n) is 4.68. The minimum absolute atomic E-state index is 0.0155. The summed E-state index contributed by atoms with van der Waals surface area (Å²) in [6.07, 6.45) is 0. The first-order chi connectivity index (χ1) is 11.3. The molecule has 2 rings (SSSR count). The highest BCUT2D eigenvalue weighted by atomic mass is 19.2. The molecule has 0 atom stereocenters. The van der Waals surface area contributed by atoms with Crippen molar-refractivity contribution in [3.63, 3.8) is 0 Å². The molecule has 1 N–H and O–H groups in total. The van der Waals surface area contributed by atoms with Gasteiger partial charge in [0.1, 0.15) is 18.0 Å². The highest BCUT2D eigenvalue weighted by molar-refractivity contribution is 5.73. The van der Waals surface area contributed by atoms with Crippen molar-refractivity contribution in [1.82, 2.24) is 4.98 Å². The summed E-state index contributed by atoms with van der Waals surface area (Å²) in [5.41, 5.74) is -0.713. The molecule has 24 heavy (non-hydrogen) atoms. The van der Waals surface area contributed by atoms with Gasteiger partial charge >= 0.3 is 5.97 Å². The Hall–Kier alpha value is -3.28. The van der Waals surface area contributed by atoms with E-state index in [2.05, 4.69) is 4.98 Å². The van der Waals surface area contributed by atoms with Crippen LogP contribution in [0.2, 0.25) is 0 Å². The third-order valence-corrected chi connectivity index (χ3v) is 2.92. The van der Waals surface area contributed by atoms with Gasteiger partial charge in [0.2, 0.25) is 11.6 Å². The van der Waals surface area contributed by atoms with Gasteiger partial charge in [-0.05, 0) is 18.2 Å². The first-order valence-electron chi connectivity index (χ1n) is 6.49. The number of nitriles is 1. The number of anilines is 1. The van der Waals surface area contributed by atoms with E-state index in [1.807, 2.05) is 6.07 Å². The number of carbonyl (C=O) groups is 1. The molecule has 9 heteroatoms. The molecule has 0 saturated carbocycles. The molecule has 1 aromatic carbocycles. The van der Waals surface area contributed by atoms with E-state index in [1.54, 1.807) is 0 Å². The van der Waals surface area contributed by atoms with Gasteiger partial charge in [0, 0.05) is 7.05 Å². The average molecular weight is 337 g/mol. The number of aromatic nitrogens is 1. The van der Waals surface area contributed by atoms with E-state index in [4.69, 9.17) is 15.1 Å². The van der Waals surface area contributed by atoms with E-state index in [-0.39, 0.29) is 11.3 Å². The molecule has 0 fully saturated rings. The number of hydrogen-bond acceptors (Lipinski definition) is 5. The van der Waals surface area contributed by atoms with Crippen molar-refractivity contribution in [2.45, 2.75) is 0 Å². The largest absolute Gasteiger partial charge is 0.480 e. The number of aliphatic carboxylic acids is 1. The first kappa shape index (κ1) is 17.1. The Morgan fingerprint density at radius 2 is 2.08 bits per heavy atom. The number of halogens is 3. The molecule has 0 unspecified atom stereocenters. The van der Waals surface area contributed by atoms with E-state index >= 15 is 0 Å². The average Bonchev–Trinajstić information content (AvgIpc) is 2.52. The number of pyridine rings is 1. The molecule has 0 radical (unpaired) electrons. The summed E-state index contributed by atoms with van der Waals surface area (Å²) in [6.45, 7) is -0.763. The fourth-order valence-corrected chi connectivity index (χ4v) is 1.91. The number of ether oxygens (including phenoxy) is 1. The van der Waals surface area contributed by atoms with Gasteiger partial charge in [-0.1, -0.05) is 6.07 Å². The van der Waals surface area contributed by atoms with Crippen LogP contribution in [0.15, 0.2) is 24.3 Å². The van der Waals surface area contributed by atoms with Crippen LogP contribution >= 0.6 is 0 Å². The minimum Gasteiger partial charge on any atom is -0.480 e. The highest BCUT2D eigenvalue weighted by Gasteiger charge is 2.25. The van der Waals surface area contributed by atoms with Crippen LogP contribution in [0.3, 0.4) is 0 Å². The number of rotatable bonds is 5. The molecule has 0 aliphatic heterocycles. The van der Waals surface area contributed by atoms with Crippen molar-refractivity contribution in [3.05, 3.63) is 47.4 Å². The summed E-state index contributed by atoms with van der Waals surface area (Å²) < 4.78 is 46.9. The standard InChI is InChI=1S/C15H10F3N3O3/c1-21(7-10(22)23)13-11(16)14(18)20-15(12(13)17)24-9-4-2-3-8(5-9)6-19/h2-5H,7H2,1H3,(H,22,23). The van der Waals surface area contributed by atoms with E-state index < -0.39 is 41.7 Å². The maximum absolute atomic E-state index is 14.4. The van der Waals surface area contributed by atoms with E-state index in [1.165, 1.54) is 24.3 Å². The number of carboxylic acid groups (broad SMARTS) is 1. The lowest BCUT2D eigenvalue weighted by atomic mass is 10.2. The van der Waals surface area contributed by atoms with Crippen molar-refractivity contribution >= 4 is 11.7 Å². The van der Waals surface area contributed by atoms with Crippen LogP contribution < -0.4 is 9.64 Å². The molecule has 0 bridgehead atoms. The third kappa shape index (κ3) is 3.55. The van der Waals surface area contributed by atoms with Gasteiger partial charge in [-0.15, -0.1) is 0 Å². The summed E-state index contributed by atoms with van der Waals surface area (Å²) in [7, 11) is 1.08. The topological polar surface area (TPSA) is 86.5 Å². The van der Waals surface area contributed by atoms with Gasteiger partial charge in [-0.2, -0.15) is 23.4 Å². The molecule has 0 aliphatic carbocycles. The smallest absolute Gasteiger partial charge is 0.323 e. The summed E-state index contributed by atoms with van der Waals surface area (Å²) in [6, 6.07) is 7.37. The quantitative estimate of drug-likeness (QED) is 0.844. The molecule has 6 nitrogen and oxygen atoms in total. The highest BCUT2D eigenvalue weighted by Crippen LogP contribution is 2.32. The first-order valence-corrected chi connectivity index (χ1v) is 6.49. The van der Waals surface area contributed by atoms with Crippen molar-refractivity contribution in [1.29, 1.82) is 5.26 Å². The molecule has 124 valence electrons. The molecule has 0 amide bonds. The van der Waals surface area contributed by atoms with Crippen molar-refractivity contribution < 1.29 is 27.8 Å². The van der Waals surface area contributed by atoms with Crippen LogP contribution in [0.1, 0.15) is 5.56 Å². The fourth-order valence-electron chi connectivity index (χ4n) is 1.91. The van der Waals surface area contributed by atoms with Gasteiger partial charge < -0.3 is 14.7 Å². The third-order valence-electron chi connectivity index (χ3n) is 2.92.